The molecule has 1 aromatic heterocycles. The molecule has 1 atom stereocenters. The highest BCUT2D eigenvalue weighted by atomic mass is 16.5. The summed E-state index contributed by atoms with van der Waals surface area (Å²) in [6.07, 6.45) is 4.73. The lowest BCUT2D eigenvalue weighted by molar-refractivity contribution is 0.0538. The number of aromatic amines is 1. The molecule has 0 saturated carbocycles. The van der Waals surface area contributed by atoms with Crippen LogP contribution in [0.2, 0.25) is 0 Å². The van der Waals surface area contributed by atoms with Gasteiger partial charge < -0.3 is 19.7 Å². The summed E-state index contributed by atoms with van der Waals surface area (Å²) in [5, 5.41) is 12.1. The van der Waals surface area contributed by atoms with Gasteiger partial charge in [-0.25, -0.2) is 4.99 Å². The van der Waals surface area contributed by atoms with Crippen LogP contribution in [0.1, 0.15) is 32.4 Å². The maximum Gasteiger partial charge on any atom is 0.127 e. The fourth-order valence-electron chi connectivity index (χ4n) is 3.66. The second-order valence-electron chi connectivity index (χ2n) is 7.30. The molecule has 1 aromatic carbocycles. The van der Waals surface area contributed by atoms with Crippen molar-refractivity contribution < 1.29 is 9.47 Å². The molecule has 7 nitrogen and oxygen atoms in total. The first-order valence-corrected chi connectivity index (χ1v) is 9.57. The lowest BCUT2D eigenvalue weighted by Gasteiger charge is -2.34. The summed E-state index contributed by atoms with van der Waals surface area (Å²) in [4.78, 5) is 6.96. The molecule has 3 heterocycles. The summed E-state index contributed by atoms with van der Waals surface area (Å²) in [5.74, 6) is 1.85. The normalized spacial score (nSPS) is 20.4. The molecular formula is C20H27N5O2. The molecule has 0 aliphatic carbocycles. The van der Waals surface area contributed by atoms with E-state index in [1.165, 1.54) is 0 Å². The van der Waals surface area contributed by atoms with E-state index < -0.39 is 0 Å². The number of H-pyrrole nitrogens is 1. The fraction of sp³-hybridized carbons (Fsp3) is 0.500. The standard InChI is InChI=1S/C20H27N5O2/c1-13(2)27-14-6-7-17-16(9-14)20(24-23-17)18-10-19(22-12-21-18)25-8-4-5-15(11-25)26-3/h6-7,9-10,13,15,21H,4-5,8,11-12H2,1-3H3,(H,23,24). The molecule has 4 rings (SSSR count). The summed E-state index contributed by atoms with van der Waals surface area (Å²) < 4.78 is 11.4. The number of fused-ring (bicyclic) bond motifs is 1. The molecule has 1 fully saturated rings. The second kappa shape index (κ2) is 7.60. The lowest BCUT2D eigenvalue weighted by Crippen LogP contribution is -2.43. The zero-order valence-corrected chi connectivity index (χ0v) is 16.2. The Hall–Kier alpha value is -2.54. The highest BCUT2D eigenvalue weighted by Crippen LogP contribution is 2.27. The van der Waals surface area contributed by atoms with E-state index in [0.29, 0.717) is 6.67 Å². The molecule has 2 aliphatic rings. The monoisotopic (exact) mass is 369 g/mol. The predicted molar refractivity (Wildman–Crippen MR) is 107 cm³/mol. The minimum Gasteiger partial charge on any atom is -0.491 e. The average Bonchev–Trinajstić information content (AvgIpc) is 3.11. The maximum atomic E-state index is 5.85. The predicted octanol–water partition coefficient (Wildman–Crippen LogP) is 2.76. The Balaban J connectivity index is 1.62. The van der Waals surface area contributed by atoms with Crippen LogP contribution in [0.15, 0.2) is 29.3 Å². The first kappa shape index (κ1) is 17.9. The zero-order chi connectivity index (χ0) is 18.8. The van der Waals surface area contributed by atoms with Crippen molar-refractivity contribution in [1.29, 1.82) is 0 Å². The minimum absolute atomic E-state index is 0.136. The fourth-order valence-corrected chi connectivity index (χ4v) is 3.66. The van der Waals surface area contributed by atoms with Crippen molar-refractivity contribution in [3.05, 3.63) is 30.0 Å². The molecule has 2 N–H and O–H groups in total. The Kier molecular flexibility index (Phi) is 5.03. The van der Waals surface area contributed by atoms with E-state index in [2.05, 4.69) is 31.5 Å². The zero-order valence-electron chi connectivity index (χ0n) is 16.2. The molecular weight excluding hydrogens is 342 g/mol. The third-order valence-corrected chi connectivity index (χ3v) is 4.98. The van der Waals surface area contributed by atoms with Crippen LogP contribution in [0, 0.1) is 0 Å². The van der Waals surface area contributed by atoms with Gasteiger partial charge in [0.05, 0.1) is 23.4 Å². The van der Waals surface area contributed by atoms with Crippen molar-refractivity contribution in [2.45, 2.75) is 38.9 Å². The number of nitrogens with one attached hydrogen (secondary N) is 2. The number of amidine groups is 1. The van der Waals surface area contributed by atoms with E-state index in [9.17, 15) is 0 Å². The van der Waals surface area contributed by atoms with E-state index in [4.69, 9.17) is 9.47 Å². The second-order valence-corrected chi connectivity index (χ2v) is 7.30. The van der Waals surface area contributed by atoms with Gasteiger partial charge in [-0.3, -0.25) is 5.10 Å². The number of likely N-dealkylation sites (tertiary alicyclic amines) is 1. The molecule has 27 heavy (non-hydrogen) atoms. The lowest BCUT2D eigenvalue weighted by atomic mass is 10.1. The van der Waals surface area contributed by atoms with Crippen LogP contribution >= 0.6 is 0 Å². The molecule has 2 aromatic rings. The van der Waals surface area contributed by atoms with Gasteiger partial charge in [-0.1, -0.05) is 0 Å². The SMILES string of the molecule is COC1CCCN(C2=NCNC(c3n[nH]c4ccc(OC(C)C)cc34)=C2)C1. The van der Waals surface area contributed by atoms with Crippen molar-refractivity contribution in [3.63, 3.8) is 0 Å². The number of nitrogens with zero attached hydrogens (tertiary/aromatic N) is 3. The smallest absolute Gasteiger partial charge is 0.127 e. The highest BCUT2D eigenvalue weighted by Gasteiger charge is 2.23. The first-order chi connectivity index (χ1) is 13.1. The summed E-state index contributed by atoms with van der Waals surface area (Å²) in [6.45, 7) is 6.50. The quantitative estimate of drug-likeness (QED) is 0.867. The number of methoxy groups -OCH3 is 1. The number of aromatic nitrogens is 2. The van der Waals surface area contributed by atoms with Crippen molar-refractivity contribution in [2.24, 2.45) is 4.99 Å². The number of hydrogen-bond acceptors (Lipinski definition) is 6. The first-order valence-electron chi connectivity index (χ1n) is 9.57. The molecule has 1 unspecified atom stereocenters. The van der Waals surface area contributed by atoms with Gasteiger partial charge in [0.15, 0.2) is 0 Å². The molecule has 2 aliphatic heterocycles. The van der Waals surface area contributed by atoms with Gasteiger partial charge in [-0.05, 0) is 44.9 Å². The summed E-state index contributed by atoms with van der Waals surface area (Å²) >= 11 is 0. The van der Waals surface area contributed by atoms with Crippen LogP contribution in [-0.2, 0) is 4.74 Å². The van der Waals surface area contributed by atoms with E-state index in [0.717, 1.165) is 59.8 Å². The number of benzene rings is 1. The Bertz CT molecular complexity index is 870. The Labute approximate surface area is 159 Å². The largest absolute Gasteiger partial charge is 0.491 e. The molecule has 0 spiro atoms. The Morgan fingerprint density at radius 3 is 3.00 bits per heavy atom. The molecule has 7 heteroatoms. The highest BCUT2D eigenvalue weighted by molar-refractivity contribution is 6.02. The van der Waals surface area contributed by atoms with Gasteiger partial charge in [-0.2, -0.15) is 5.10 Å². The maximum absolute atomic E-state index is 5.85. The topological polar surface area (TPSA) is 74.8 Å². The summed E-state index contributed by atoms with van der Waals surface area (Å²) in [7, 11) is 1.78. The van der Waals surface area contributed by atoms with E-state index in [1.54, 1.807) is 7.11 Å². The molecule has 0 amide bonds. The average molecular weight is 369 g/mol. The van der Waals surface area contributed by atoms with Gasteiger partial charge >= 0.3 is 0 Å². The number of aliphatic imine (C=N–C) groups is 1. The minimum atomic E-state index is 0.136. The van der Waals surface area contributed by atoms with Crippen molar-refractivity contribution in [2.75, 3.05) is 26.9 Å². The molecule has 0 bridgehead atoms. The van der Waals surface area contributed by atoms with Crippen LogP contribution < -0.4 is 10.1 Å². The van der Waals surface area contributed by atoms with Crippen LogP contribution in [0.4, 0.5) is 0 Å². The van der Waals surface area contributed by atoms with Crippen molar-refractivity contribution in [3.8, 4) is 5.75 Å². The van der Waals surface area contributed by atoms with E-state index in [-0.39, 0.29) is 12.2 Å². The van der Waals surface area contributed by atoms with Crippen molar-refractivity contribution in [1.82, 2.24) is 20.4 Å². The number of rotatable bonds is 4. The van der Waals surface area contributed by atoms with Gasteiger partial charge in [0, 0.05) is 31.7 Å². The summed E-state index contributed by atoms with van der Waals surface area (Å²) in [6, 6.07) is 6.03. The van der Waals surface area contributed by atoms with Gasteiger partial charge in [0.25, 0.3) is 0 Å². The third kappa shape index (κ3) is 3.78. The van der Waals surface area contributed by atoms with Gasteiger partial charge in [0.2, 0.25) is 0 Å². The van der Waals surface area contributed by atoms with Crippen molar-refractivity contribution >= 4 is 22.4 Å². The number of hydrogen-bond donors (Lipinski definition) is 2. The van der Waals surface area contributed by atoms with Gasteiger partial charge in [-0.15, -0.1) is 0 Å². The third-order valence-electron chi connectivity index (χ3n) is 4.98. The Morgan fingerprint density at radius 2 is 2.19 bits per heavy atom. The van der Waals surface area contributed by atoms with E-state index >= 15 is 0 Å². The Morgan fingerprint density at radius 1 is 1.30 bits per heavy atom. The number of ether oxygens (including phenoxy) is 2. The molecule has 144 valence electrons. The number of piperidine rings is 1. The van der Waals surface area contributed by atoms with E-state index in [1.807, 2.05) is 32.0 Å². The van der Waals surface area contributed by atoms with Crippen LogP contribution in [0.5, 0.6) is 5.75 Å². The van der Waals surface area contributed by atoms with Crippen LogP contribution in [0.3, 0.4) is 0 Å². The summed E-state index contributed by atoms with van der Waals surface area (Å²) in [5.41, 5.74) is 2.87. The van der Waals surface area contributed by atoms with Crippen LogP contribution in [-0.4, -0.2) is 60.0 Å². The molecule has 0 radical (unpaired) electrons. The van der Waals surface area contributed by atoms with Gasteiger partial charge in [0.1, 0.15) is 23.9 Å². The molecule has 1 saturated heterocycles. The van der Waals surface area contributed by atoms with Crippen LogP contribution in [0.25, 0.3) is 16.6 Å².